The van der Waals surface area contributed by atoms with Crippen LogP contribution in [0, 0.1) is 5.92 Å². The minimum Gasteiger partial charge on any atom is -0.465 e. The Kier molecular flexibility index (Phi) is 5.44. The van der Waals surface area contributed by atoms with Crippen molar-refractivity contribution >= 4 is 40.8 Å². The van der Waals surface area contributed by atoms with Crippen molar-refractivity contribution in [2.45, 2.75) is 6.92 Å². The van der Waals surface area contributed by atoms with Crippen molar-refractivity contribution in [3.05, 3.63) is 28.8 Å². The minimum atomic E-state index is -0.564. The summed E-state index contributed by atoms with van der Waals surface area (Å²) in [6.45, 7) is 1.69. The van der Waals surface area contributed by atoms with Gasteiger partial charge in [-0.05, 0) is 18.2 Å². The fourth-order valence-corrected chi connectivity index (χ4v) is 1.54. The Labute approximate surface area is 115 Å². The Morgan fingerprint density at radius 2 is 2.11 bits per heavy atom. The van der Waals surface area contributed by atoms with E-state index in [-0.39, 0.29) is 23.3 Å². The number of methoxy groups -OCH3 is 1. The topological polar surface area (TPSA) is 55.4 Å². The van der Waals surface area contributed by atoms with E-state index in [2.05, 4.69) is 10.1 Å². The molecule has 0 heterocycles. The third kappa shape index (κ3) is 3.62. The van der Waals surface area contributed by atoms with Gasteiger partial charge in [-0.15, -0.1) is 11.6 Å². The zero-order valence-electron chi connectivity index (χ0n) is 10.00. The van der Waals surface area contributed by atoms with Crippen molar-refractivity contribution in [1.29, 1.82) is 0 Å². The monoisotopic (exact) mass is 289 g/mol. The molecule has 0 aliphatic rings. The van der Waals surface area contributed by atoms with E-state index < -0.39 is 5.97 Å². The highest BCUT2D eigenvalue weighted by Crippen LogP contribution is 2.22. The number of hydrogen-bond acceptors (Lipinski definition) is 3. The molecule has 1 N–H and O–H groups in total. The first-order chi connectivity index (χ1) is 8.49. The third-order valence-electron chi connectivity index (χ3n) is 2.32. The Hall–Kier alpha value is -1.26. The van der Waals surface area contributed by atoms with Gasteiger partial charge in [-0.2, -0.15) is 0 Å². The molecular weight excluding hydrogens is 277 g/mol. The van der Waals surface area contributed by atoms with Crippen LogP contribution < -0.4 is 5.32 Å². The molecule has 0 aromatic heterocycles. The van der Waals surface area contributed by atoms with E-state index in [1.807, 2.05) is 0 Å². The average molecular weight is 290 g/mol. The third-order valence-corrected chi connectivity index (χ3v) is 3.02. The van der Waals surface area contributed by atoms with Crippen molar-refractivity contribution < 1.29 is 14.3 Å². The number of nitrogens with one attached hydrogen (secondary N) is 1. The van der Waals surface area contributed by atoms with E-state index in [0.717, 1.165) is 0 Å². The molecule has 4 nitrogen and oxygen atoms in total. The number of benzene rings is 1. The largest absolute Gasteiger partial charge is 0.465 e. The standard InChI is InChI=1S/C12H13Cl2NO3/c1-7(6-13)11(16)15-10-4-3-8(14)5-9(10)12(17)18-2/h3-5,7H,6H2,1-2H3,(H,15,16). The smallest absolute Gasteiger partial charge is 0.340 e. The zero-order chi connectivity index (χ0) is 13.7. The summed E-state index contributed by atoms with van der Waals surface area (Å²) in [7, 11) is 1.26. The van der Waals surface area contributed by atoms with E-state index in [4.69, 9.17) is 23.2 Å². The molecule has 0 fully saturated rings. The van der Waals surface area contributed by atoms with Gasteiger partial charge in [-0.1, -0.05) is 18.5 Å². The van der Waals surface area contributed by atoms with Gasteiger partial charge in [0.2, 0.25) is 5.91 Å². The van der Waals surface area contributed by atoms with Crippen LogP contribution in [0.25, 0.3) is 0 Å². The summed E-state index contributed by atoms with van der Waals surface area (Å²) < 4.78 is 4.63. The first-order valence-electron chi connectivity index (χ1n) is 5.24. The van der Waals surface area contributed by atoms with Gasteiger partial charge in [-0.25, -0.2) is 4.79 Å². The molecular formula is C12H13Cl2NO3. The van der Waals surface area contributed by atoms with Crippen molar-refractivity contribution in [3.8, 4) is 0 Å². The molecule has 0 aliphatic carbocycles. The van der Waals surface area contributed by atoms with E-state index in [9.17, 15) is 9.59 Å². The summed E-state index contributed by atoms with van der Waals surface area (Å²) in [4.78, 5) is 23.3. The number of alkyl halides is 1. The number of rotatable bonds is 4. The second kappa shape index (κ2) is 6.61. The first-order valence-corrected chi connectivity index (χ1v) is 6.15. The molecule has 1 amide bonds. The fraction of sp³-hybridized carbons (Fsp3) is 0.333. The molecule has 0 saturated carbocycles. The number of halogens is 2. The first kappa shape index (κ1) is 14.8. The highest BCUT2D eigenvalue weighted by molar-refractivity contribution is 6.31. The molecule has 1 atom stereocenters. The summed E-state index contributed by atoms with van der Waals surface area (Å²) in [5.74, 6) is -0.982. The molecule has 0 bridgehead atoms. The number of esters is 1. The second-order valence-corrected chi connectivity index (χ2v) is 4.47. The number of hydrogen-bond donors (Lipinski definition) is 1. The molecule has 1 unspecified atom stereocenters. The van der Waals surface area contributed by atoms with Crippen molar-refractivity contribution in [3.63, 3.8) is 0 Å². The number of carbonyl (C=O) groups is 2. The number of amides is 1. The van der Waals surface area contributed by atoms with E-state index in [0.29, 0.717) is 10.7 Å². The van der Waals surface area contributed by atoms with Crippen molar-refractivity contribution in [2.24, 2.45) is 5.92 Å². The van der Waals surface area contributed by atoms with Crippen LogP contribution in [0.5, 0.6) is 0 Å². The fourth-order valence-electron chi connectivity index (χ4n) is 1.23. The Morgan fingerprint density at radius 1 is 1.44 bits per heavy atom. The Bertz CT molecular complexity index is 463. The maximum atomic E-state index is 11.7. The zero-order valence-corrected chi connectivity index (χ0v) is 11.5. The quantitative estimate of drug-likeness (QED) is 0.685. The van der Waals surface area contributed by atoms with Crippen molar-refractivity contribution in [1.82, 2.24) is 0 Å². The number of anilines is 1. The SMILES string of the molecule is COC(=O)c1cc(Cl)ccc1NC(=O)C(C)CCl. The van der Waals surface area contributed by atoms with Crippen LogP contribution in [0.2, 0.25) is 5.02 Å². The highest BCUT2D eigenvalue weighted by Gasteiger charge is 2.17. The molecule has 0 radical (unpaired) electrons. The summed E-state index contributed by atoms with van der Waals surface area (Å²) in [6, 6.07) is 4.57. The van der Waals surface area contributed by atoms with E-state index in [1.54, 1.807) is 19.1 Å². The summed E-state index contributed by atoms with van der Waals surface area (Å²) >= 11 is 11.4. The van der Waals surface area contributed by atoms with Crippen LogP contribution in [-0.2, 0) is 9.53 Å². The minimum absolute atomic E-state index is 0.201. The molecule has 0 aliphatic heterocycles. The van der Waals surface area contributed by atoms with Crippen LogP contribution in [0.4, 0.5) is 5.69 Å². The normalized spacial score (nSPS) is 11.8. The number of ether oxygens (including phenoxy) is 1. The molecule has 1 rings (SSSR count). The van der Waals surface area contributed by atoms with Gasteiger partial charge in [0.25, 0.3) is 0 Å². The predicted molar refractivity (Wildman–Crippen MR) is 71.3 cm³/mol. The van der Waals surface area contributed by atoms with Crippen LogP contribution in [-0.4, -0.2) is 24.9 Å². The Balaban J connectivity index is 3.01. The molecule has 6 heteroatoms. The maximum absolute atomic E-state index is 11.7. The molecule has 18 heavy (non-hydrogen) atoms. The lowest BCUT2D eigenvalue weighted by Gasteiger charge is -2.12. The highest BCUT2D eigenvalue weighted by atomic mass is 35.5. The van der Waals surface area contributed by atoms with Gasteiger partial charge < -0.3 is 10.1 Å². The average Bonchev–Trinajstić information content (AvgIpc) is 2.38. The van der Waals surface area contributed by atoms with Crippen LogP contribution in [0.1, 0.15) is 17.3 Å². The number of carbonyl (C=O) groups excluding carboxylic acids is 2. The maximum Gasteiger partial charge on any atom is 0.340 e. The lowest BCUT2D eigenvalue weighted by Crippen LogP contribution is -2.22. The van der Waals surface area contributed by atoms with Gasteiger partial charge in [0.1, 0.15) is 0 Å². The second-order valence-electron chi connectivity index (χ2n) is 3.73. The van der Waals surface area contributed by atoms with Gasteiger partial charge in [-0.3, -0.25) is 4.79 Å². The lowest BCUT2D eigenvalue weighted by molar-refractivity contribution is -0.118. The molecule has 1 aromatic carbocycles. The Morgan fingerprint density at radius 3 is 2.67 bits per heavy atom. The van der Waals surface area contributed by atoms with Crippen molar-refractivity contribution in [2.75, 3.05) is 18.3 Å². The molecule has 0 spiro atoms. The lowest BCUT2D eigenvalue weighted by atomic mass is 10.1. The molecule has 0 saturated heterocycles. The van der Waals surface area contributed by atoms with Gasteiger partial charge in [0.05, 0.1) is 18.4 Å². The van der Waals surface area contributed by atoms with Gasteiger partial charge >= 0.3 is 5.97 Å². The summed E-state index contributed by atoms with van der Waals surface area (Å²) in [5.41, 5.74) is 0.563. The molecule has 98 valence electrons. The van der Waals surface area contributed by atoms with E-state index >= 15 is 0 Å². The van der Waals surface area contributed by atoms with Gasteiger partial charge in [0, 0.05) is 16.8 Å². The summed E-state index contributed by atoms with van der Waals surface area (Å²) in [6.07, 6.45) is 0. The van der Waals surface area contributed by atoms with Crippen LogP contribution >= 0.6 is 23.2 Å². The van der Waals surface area contributed by atoms with Crippen LogP contribution in [0.15, 0.2) is 18.2 Å². The van der Waals surface area contributed by atoms with Crippen LogP contribution in [0.3, 0.4) is 0 Å². The van der Waals surface area contributed by atoms with E-state index in [1.165, 1.54) is 13.2 Å². The van der Waals surface area contributed by atoms with Gasteiger partial charge in [0.15, 0.2) is 0 Å². The molecule has 1 aromatic rings. The summed E-state index contributed by atoms with van der Waals surface area (Å²) in [5, 5.41) is 3.01. The predicted octanol–water partition coefficient (Wildman–Crippen LogP) is 2.94.